The summed E-state index contributed by atoms with van der Waals surface area (Å²) < 4.78 is 2.24. The zero-order valence-corrected chi connectivity index (χ0v) is 14.8. The molecule has 0 radical (unpaired) electrons. The summed E-state index contributed by atoms with van der Waals surface area (Å²) in [5, 5.41) is 9.15. The van der Waals surface area contributed by atoms with Crippen LogP contribution in [0.15, 0.2) is 36.4 Å². The molecule has 5 rings (SSSR count). The van der Waals surface area contributed by atoms with Crippen LogP contribution in [0.3, 0.4) is 0 Å². The number of aryl methyl sites for hydroxylation is 1. The fraction of sp³-hybridized carbons (Fsp3) is 0.300. The highest BCUT2D eigenvalue weighted by atomic mass is 15.3. The Balaban J connectivity index is 1.88. The van der Waals surface area contributed by atoms with Crippen LogP contribution in [-0.4, -0.2) is 40.3 Å². The van der Waals surface area contributed by atoms with E-state index in [1.54, 1.807) is 0 Å². The van der Waals surface area contributed by atoms with Crippen LogP contribution in [0.5, 0.6) is 0 Å². The summed E-state index contributed by atoms with van der Waals surface area (Å²) in [6.45, 7) is 3.94. The van der Waals surface area contributed by atoms with E-state index >= 15 is 0 Å². The molecule has 0 amide bonds. The molecule has 0 N–H and O–H groups in total. The zero-order chi connectivity index (χ0) is 17.1. The molecule has 3 aromatic rings. The maximum absolute atomic E-state index is 4.61. The van der Waals surface area contributed by atoms with Crippen LogP contribution >= 0.6 is 0 Å². The molecule has 5 nitrogen and oxygen atoms in total. The molecule has 0 unspecified atom stereocenters. The van der Waals surface area contributed by atoms with E-state index < -0.39 is 0 Å². The lowest BCUT2D eigenvalue weighted by atomic mass is 10.0. The van der Waals surface area contributed by atoms with Crippen LogP contribution in [0.1, 0.15) is 17.0 Å². The Kier molecular flexibility index (Phi) is 3.03. The molecule has 2 aromatic carbocycles. The molecule has 126 valence electrons. The molecule has 0 spiro atoms. The summed E-state index contributed by atoms with van der Waals surface area (Å²) >= 11 is 0. The van der Waals surface area contributed by atoms with E-state index in [-0.39, 0.29) is 0 Å². The highest BCUT2D eigenvalue weighted by molar-refractivity contribution is 5.90. The van der Waals surface area contributed by atoms with Crippen molar-refractivity contribution >= 4 is 11.4 Å². The summed E-state index contributed by atoms with van der Waals surface area (Å²) in [4.78, 5) is 4.59. The van der Waals surface area contributed by atoms with Gasteiger partial charge in [0.15, 0.2) is 11.6 Å². The molecule has 0 saturated heterocycles. The first-order valence-electron chi connectivity index (χ1n) is 8.73. The van der Waals surface area contributed by atoms with E-state index in [2.05, 4.69) is 82.0 Å². The van der Waals surface area contributed by atoms with Gasteiger partial charge in [-0.3, -0.25) is 4.57 Å². The van der Waals surface area contributed by atoms with E-state index in [4.69, 9.17) is 0 Å². The quantitative estimate of drug-likeness (QED) is 0.722. The van der Waals surface area contributed by atoms with Gasteiger partial charge >= 0.3 is 0 Å². The SMILES string of the molecule is Cc1cc2c3c(c1)-c1nnc(CN(C)C)n1-c1ccccc1N3CC2. The van der Waals surface area contributed by atoms with Crippen molar-refractivity contribution in [3.63, 3.8) is 0 Å². The van der Waals surface area contributed by atoms with Crippen LogP contribution in [0, 0.1) is 6.92 Å². The number of aromatic nitrogens is 3. The van der Waals surface area contributed by atoms with E-state index in [0.717, 1.165) is 31.2 Å². The molecule has 0 aliphatic carbocycles. The molecule has 0 atom stereocenters. The lowest BCUT2D eigenvalue weighted by molar-refractivity contribution is 0.387. The minimum atomic E-state index is 0.759. The van der Waals surface area contributed by atoms with Crippen molar-refractivity contribution < 1.29 is 0 Å². The highest BCUT2D eigenvalue weighted by Gasteiger charge is 2.33. The molecule has 1 aromatic heterocycles. The summed E-state index contributed by atoms with van der Waals surface area (Å²) in [6, 6.07) is 13.2. The third-order valence-corrected chi connectivity index (χ3v) is 5.05. The maximum atomic E-state index is 4.61. The van der Waals surface area contributed by atoms with Crippen LogP contribution in [0.25, 0.3) is 17.1 Å². The first-order valence-corrected chi connectivity index (χ1v) is 8.73. The Morgan fingerprint density at radius 2 is 1.88 bits per heavy atom. The fourth-order valence-corrected chi connectivity index (χ4v) is 4.13. The second kappa shape index (κ2) is 5.17. The smallest absolute Gasteiger partial charge is 0.170 e. The van der Waals surface area contributed by atoms with Crippen molar-refractivity contribution in [3.8, 4) is 17.1 Å². The van der Waals surface area contributed by atoms with Gasteiger partial charge in [-0.2, -0.15) is 0 Å². The largest absolute Gasteiger partial charge is 0.339 e. The highest BCUT2D eigenvalue weighted by Crippen LogP contribution is 2.47. The Morgan fingerprint density at radius 3 is 2.68 bits per heavy atom. The van der Waals surface area contributed by atoms with Gasteiger partial charge in [0.05, 0.1) is 23.6 Å². The third-order valence-electron chi connectivity index (χ3n) is 5.05. The predicted octanol–water partition coefficient (Wildman–Crippen LogP) is 3.31. The molecule has 25 heavy (non-hydrogen) atoms. The average Bonchev–Trinajstić information content (AvgIpc) is 3.15. The van der Waals surface area contributed by atoms with Crippen LogP contribution in [-0.2, 0) is 13.0 Å². The fourth-order valence-electron chi connectivity index (χ4n) is 4.13. The number of nitrogens with zero attached hydrogens (tertiary/aromatic N) is 5. The van der Waals surface area contributed by atoms with Gasteiger partial charge in [-0.05, 0) is 56.8 Å². The molecule has 5 heteroatoms. The monoisotopic (exact) mass is 331 g/mol. The summed E-state index contributed by atoms with van der Waals surface area (Å²) in [5.41, 5.74) is 7.61. The number of rotatable bonds is 2. The number of para-hydroxylation sites is 2. The molecule has 0 saturated carbocycles. The molecule has 2 aliphatic heterocycles. The van der Waals surface area contributed by atoms with Crippen LogP contribution in [0.2, 0.25) is 0 Å². The minimum Gasteiger partial charge on any atom is -0.339 e. The van der Waals surface area contributed by atoms with E-state index in [1.165, 1.54) is 33.8 Å². The van der Waals surface area contributed by atoms with Crippen LogP contribution in [0.4, 0.5) is 11.4 Å². The second-order valence-electron chi connectivity index (χ2n) is 7.22. The van der Waals surface area contributed by atoms with E-state index in [9.17, 15) is 0 Å². The molecule has 3 heterocycles. The topological polar surface area (TPSA) is 37.2 Å². The van der Waals surface area contributed by atoms with Crippen molar-refractivity contribution in [1.29, 1.82) is 0 Å². The predicted molar refractivity (Wildman–Crippen MR) is 99.6 cm³/mol. The Hall–Kier alpha value is -2.66. The van der Waals surface area contributed by atoms with Gasteiger partial charge in [0, 0.05) is 12.1 Å². The van der Waals surface area contributed by atoms with Gasteiger partial charge < -0.3 is 9.80 Å². The van der Waals surface area contributed by atoms with E-state index in [1.807, 2.05) is 0 Å². The van der Waals surface area contributed by atoms with Gasteiger partial charge in [0.25, 0.3) is 0 Å². The van der Waals surface area contributed by atoms with Gasteiger partial charge in [-0.15, -0.1) is 10.2 Å². The molecule has 2 aliphatic rings. The van der Waals surface area contributed by atoms with Crippen molar-refractivity contribution in [2.24, 2.45) is 0 Å². The van der Waals surface area contributed by atoms with Gasteiger partial charge in [-0.1, -0.05) is 18.2 Å². The number of fused-ring (bicyclic) bond motifs is 5. The maximum Gasteiger partial charge on any atom is 0.170 e. The minimum absolute atomic E-state index is 0.759. The van der Waals surface area contributed by atoms with E-state index in [0.29, 0.717) is 0 Å². The summed E-state index contributed by atoms with van der Waals surface area (Å²) in [6.07, 6.45) is 1.08. The number of anilines is 2. The zero-order valence-electron chi connectivity index (χ0n) is 14.8. The molecular formula is C20H21N5. The normalized spacial score (nSPS) is 14.3. The Labute approximate surface area is 147 Å². The summed E-state index contributed by atoms with van der Waals surface area (Å²) in [5.74, 6) is 1.93. The van der Waals surface area contributed by atoms with Crippen molar-refractivity contribution in [1.82, 2.24) is 19.7 Å². The van der Waals surface area contributed by atoms with Crippen molar-refractivity contribution in [3.05, 3.63) is 53.3 Å². The number of benzene rings is 2. The molecule has 0 bridgehead atoms. The second-order valence-corrected chi connectivity index (χ2v) is 7.22. The van der Waals surface area contributed by atoms with Gasteiger partial charge in [0.2, 0.25) is 0 Å². The number of hydrogen-bond donors (Lipinski definition) is 0. The van der Waals surface area contributed by atoms with Gasteiger partial charge in [-0.25, -0.2) is 0 Å². The molecular weight excluding hydrogens is 310 g/mol. The van der Waals surface area contributed by atoms with Gasteiger partial charge in [0.1, 0.15) is 0 Å². The Morgan fingerprint density at radius 1 is 1.08 bits per heavy atom. The lowest BCUT2D eigenvalue weighted by Gasteiger charge is -2.22. The molecule has 0 fully saturated rings. The first-order chi connectivity index (χ1) is 12.1. The van der Waals surface area contributed by atoms with Crippen LogP contribution < -0.4 is 4.90 Å². The third kappa shape index (κ3) is 2.05. The number of hydrogen-bond acceptors (Lipinski definition) is 4. The lowest BCUT2D eigenvalue weighted by Crippen LogP contribution is -2.17. The summed E-state index contributed by atoms with van der Waals surface area (Å²) in [7, 11) is 4.13. The standard InChI is InChI=1S/C20H21N5/c1-13-10-14-8-9-24-16-6-4-5-7-17(16)25-18(12-23(2)3)21-22-20(25)15(11-13)19(14)24/h4-7,10-11H,8-9,12H2,1-3H3. The average molecular weight is 331 g/mol. The van der Waals surface area contributed by atoms with Crippen molar-refractivity contribution in [2.75, 3.05) is 25.5 Å². The first kappa shape index (κ1) is 14.7. The Bertz CT molecular complexity index is 986. The van der Waals surface area contributed by atoms with Crippen molar-refractivity contribution in [2.45, 2.75) is 19.9 Å².